The number of thiophene rings is 1. The van der Waals surface area contributed by atoms with Crippen molar-refractivity contribution >= 4 is 46.3 Å². The number of nitrogens with one attached hydrogen (secondary N) is 1. The summed E-state index contributed by atoms with van der Waals surface area (Å²) >= 11 is 1.82. The summed E-state index contributed by atoms with van der Waals surface area (Å²) in [6, 6.07) is 13.0. The number of piperazine rings is 1. The fraction of sp³-hybridized carbons (Fsp3) is 0.364. The Bertz CT molecular complexity index is 902. The van der Waals surface area contributed by atoms with Crippen LogP contribution in [0.1, 0.15) is 18.1 Å². The van der Waals surface area contributed by atoms with Crippen LogP contribution in [-0.2, 0) is 13.1 Å². The highest BCUT2D eigenvalue weighted by Gasteiger charge is 2.20. The normalized spacial score (nSPS) is 14.5. The molecular weight excluding hydrogens is 507 g/mol. The zero-order valence-electron chi connectivity index (χ0n) is 17.3. The molecule has 1 saturated heterocycles. The highest BCUT2D eigenvalue weighted by molar-refractivity contribution is 14.0. The van der Waals surface area contributed by atoms with Crippen LogP contribution in [0.2, 0.25) is 0 Å². The molecule has 8 heteroatoms. The molecule has 0 radical (unpaired) electrons. The Labute approximate surface area is 199 Å². The summed E-state index contributed by atoms with van der Waals surface area (Å²) in [6.45, 7) is 8.58. The van der Waals surface area contributed by atoms with Crippen LogP contribution in [0.3, 0.4) is 0 Å². The average molecular weight is 536 g/mol. The Morgan fingerprint density at radius 2 is 1.97 bits per heavy atom. The number of rotatable bonds is 6. The third-order valence-electron chi connectivity index (χ3n) is 5.06. The molecule has 6 nitrogen and oxygen atoms in total. The average Bonchev–Trinajstić information content (AvgIpc) is 3.46. The quantitative estimate of drug-likeness (QED) is 0.295. The van der Waals surface area contributed by atoms with E-state index in [9.17, 15) is 0 Å². The molecule has 0 amide bonds. The highest BCUT2D eigenvalue weighted by atomic mass is 127. The van der Waals surface area contributed by atoms with E-state index in [1.807, 2.05) is 30.1 Å². The molecule has 3 heterocycles. The first-order chi connectivity index (χ1) is 14.3. The smallest absolute Gasteiger partial charge is 0.194 e. The molecule has 0 unspecified atom stereocenters. The lowest BCUT2D eigenvalue weighted by molar-refractivity contribution is 0.373. The number of hydrogen-bond donors (Lipinski definition) is 1. The fourth-order valence-electron chi connectivity index (χ4n) is 3.60. The zero-order chi connectivity index (χ0) is 19.9. The van der Waals surface area contributed by atoms with Gasteiger partial charge in [-0.05, 0) is 35.6 Å². The molecule has 0 saturated carbocycles. The van der Waals surface area contributed by atoms with Crippen LogP contribution in [0.5, 0.6) is 0 Å². The maximum Gasteiger partial charge on any atom is 0.194 e. The van der Waals surface area contributed by atoms with E-state index in [-0.39, 0.29) is 24.0 Å². The number of halogens is 1. The van der Waals surface area contributed by atoms with Gasteiger partial charge in [0.25, 0.3) is 0 Å². The third-order valence-corrected chi connectivity index (χ3v) is 5.99. The number of imidazole rings is 1. The second-order valence-corrected chi connectivity index (χ2v) is 8.08. The molecule has 1 N–H and O–H groups in total. The van der Waals surface area contributed by atoms with Crippen LogP contribution in [0.4, 0.5) is 5.00 Å². The SMILES string of the molecule is CCNC(=NCc1cccc(Cn2ccnc2)c1)N1CCN(c2cccs2)CC1.I. The first-order valence-corrected chi connectivity index (χ1v) is 11.0. The molecule has 4 rings (SSSR count). The van der Waals surface area contributed by atoms with Crippen molar-refractivity contribution < 1.29 is 0 Å². The van der Waals surface area contributed by atoms with Gasteiger partial charge in [0, 0.05) is 51.7 Å². The fourth-order valence-corrected chi connectivity index (χ4v) is 4.38. The van der Waals surface area contributed by atoms with Gasteiger partial charge in [-0.2, -0.15) is 0 Å². The molecule has 160 valence electrons. The second-order valence-electron chi connectivity index (χ2n) is 7.15. The standard InChI is InChI=1S/C22H28N6S.HI/c1-2-24-22(28-12-10-27(11-13-28)21-7-4-14-29-21)25-16-19-5-3-6-20(15-19)17-26-9-8-23-18-26;/h3-9,14-15,18H,2,10-13,16-17H2,1H3,(H,24,25);1H. The minimum absolute atomic E-state index is 0. The summed E-state index contributed by atoms with van der Waals surface area (Å²) in [6.07, 6.45) is 5.66. The van der Waals surface area contributed by atoms with Crippen LogP contribution in [-0.4, -0.2) is 53.1 Å². The molecule has 1 aliphatic rings. The molecule has 0 spiro atoms. The molecule has 0 bridgehead atoms. The van der Waals surface area contributed by atoms with Crippen molar-refractivity contribution in [2.45, 2.75) is 20.0 Å². The maximum absolute atomic E-state index is 4.93. The summed E-state index contributed by atoms with van der Waals surface area (Å²) in [5.74, 6) is 1.01. The van der Waals surface area contributed by atoms with Gasteiger partial charge in [0.1, 0.15) is 0 Å². The molecular formula is C22H29IN6S. The molecule has 1 fully saturated rings. The van der Waals surface area contributed by atoms with Crippen LogP contribution in [0.15, 0.2) is 65.5 Å². The van der Waals surface area contributed by atoms with E-state index in [0.29, 0.717) is 6.54 Å². The molecule has 3 aromatic rings. The van der Waals surface area contributed by atoms with Crippen molar-refractivity contribution in [1.29, 1.82) is 0 Å². The monoisotopic (exact) mass is 536 g/mol. The number of aliphatic imine (C=N–C) groups is 1. The van der Waals surface area contributed by atoms with Gasteiger partial charge in [-0.3, -0.25) is 0 Å². The third kappa shape index (κ3) is 5.98. The Morgan fingerprint density at radius 3 is 2.67 bits per heavy atom. The van der Waals surface area contributed by atoms with Gasteiger partial charge in [-0.1, -0.05) is 24.3 Å². The molecule has 2 aromatic heterocycles. The van der Waals surface area contributed by atoms with Crippen molar-refractivity contribution in [2.75, 3.05) is 37.6 Å². The van der Waals surface area contributed by atoms with Crippen molar-refractivity contribution in [1.82, 2.24) is 19.8 Å². The molecule has 1 aromatic carbocycles. The van der Waals surface area contributed by atoms with Gasteiger partial charge in [0.05, 0.1) is 17.9 Å². The highest BCUT2D eigenvalue weighted by Crippen LogP contribution is 2.22. The number of nitrogens with zero attached hydrogens (tertiary/aromatic N) is 5. The van der Waals surface area contributed by atoms with Crippen LogP contribution < -0.4 is 10.2 Å². The van der Waals surface area contributed by atoms with Crippen LogP contribution in [0.25, 0.3) is 0 Å². The van der Waals surface area contributed by atoms with Gasteiger partial charge >= 0.3 is 0 Å². The summed E-state index contributed by atoms with van der Waals surface area (Å²) < 4.78 is 2.08. The van der Waals surface area contributed by atoms with Crippen molar-refractivity contribution in [3.8, 4) is 0 Å². The Balaban J connectivity index is 0.00000256. The minimum atomic E-state index is 0. The Morgan fingerprint density at radius 1 is 1.13 bits per heavy atom. The van der Waals surface area contributed by atoms with Crippen LogP contribution in [0, 0.1) is 0 Å². The van der Waals surface area contributed by atoms with E-state index in [4.69, 9.17) is 4.99 Å². The van der Waals surface area contributed by atoms with Crippen molar-refractivity contribution in [3.63, 3.8) is 0 Å². The van der Waals surface area contributed by atoms with Crippen molar-refractivity contribution in [3.05, 3.63) is 71.6 Å². The lowest BCUT2D eigenvalue weighted by atomic mass is 10.1. The largest absolute Gasteiger partial charge is 0.360 e. The van der Waals surface area contributed by atoms with Gasteiger partial charge < -0.3 is 19.7 Å². The zero-order valence-corrected chi connectivity index (χ0v) is 20.4. The first-order valence-electron chi connectivity index (χ1n) is 10.2. The maximum atomic E-state index is 4.93. The van der Waals surface area contributed by atoms with Gasteiger partial charge in [-0.25, -0.2) is 9.98 Å². The number of anilines is 1. The molecule has 30 heavy (non-hydrogen) atoms. The van der Waals surface area contributed by atoms with E-state index >= 15 is 0 Å². The molecule has 1 aliphatic heterocycles. The summed E-state index contributed by atoms with van der Waals surface area (Å²) in [5.41, 5.74) is 2.50. The van der Waals surface area contributed by atoms with E-state index in [1.54, 1.807) is 0 Å². The summed E-state index contributed by atoms with van der Waals surface area (Å²) in [7, 11) is 0. The number of benzene rings is 1. The number of hydrogen-bond acceptors (Lipinski definition) is 4. The minimum Gasteiger partial charge on any atom is -0.360 e. The van der Waals surface area contributed by atoms with Crippen LogP contribution >= 0.6 is 35.3 Å². The topological polar surface area (TPSA) is 48.7 Å². The predicted molar refractivity (Wildman–Crippen MR) is 136 cm³/mol. The Hall–Kier alpha value is -2.07. The Kier molecular flexibility index (Phi) is 8.56. The van der Waals surface area contributed by atoms with E-state index in [1.165, 1.54) is 16.1 Å². The number of aromatic nitrogens is 2. The van der Waals surface area contributed by atoms with Gasteiger partial charge in [-0.15, -0.1) is 35.3 Å². The summed E-state index contributed by atoms with van der Waals surface area (Å²) in [4.78, 5) is 13.9. The lowest BCUT2D eigenvalue weighted by Crippen LogP contribution is -2.52. The molecule has 0 atom stereocenters. The van der Waals surface area contributed by atoms with E-state index in [0.717, 1.165) is 45.2 Å². The van der Waals surface area contributed by atoms with Gasteiger partial charge in [0.2, 0.25) is 0 Å². The van der Waals surface area contributed by atoms with Crippen molar-refractivity contribution in [2.24, 2.45) is 4.99 Å². The molecule has 0 aliphatic carbocycles. The number of guanidine groups is 1. The summed E-state index contributed by atoms with van der Waals surface area (Å²) in [5, 5.41) is 6.98. The second kappa shape index (κ2) is 11.4. The predicted octanol–water partition coefficient (Wildman–Crippen LogP) is 3.90. The van der Waals surface area contributed by atoms with E-state index < -0.39 is 0 Å². The van der Waals surface area contributed by atoms with E-state index in [2.05, 4.69) is 73.4 Å². The van der Waals surface area contributed by atoms with Gasteiger partial charge in [0.15, 0.2) is 5.96 Å². The lowest BCUT2D eigenvalue weighted by Gasteiger charge is -2.37. The first kappa shape index (κ1) is 22.6.